The van der Waals surface area contributed by atoms with Crippen LogP contribution in [0.5, 0.6) is 0 Å². The third-order valence-electron chi connectivity index (χ3n) is 3.58. The fraction of sp³-hybridized carbons (Fsp3) is 0.467. The first-order valence-corrected chi connectivity index (χ1v) is 8.93. The van der Waals surface area contributed by atoms with E-state index in [9.17, 15) is 0 Å². The highest BCUT2D eigenvalue weighted by Gasteiger charge is 2.16. The molecular formula is C15H19N3OS2. The number of nitrogens with one attached hydrogen (secondary N) is 1. The quantitative estimate of drug-likeness (QED) is 0.838. The number of aromatic nitrogens is 2. The van der Waals surface area contributed by atoms with Crippen molar-refractivity contribution >= 4 is 33.9 Å². The summed E-state index contributed by atoms with van der Waals surface area (Å²) in [7, 11) is 0. The van der Waals surface area contributed by atoms with E-state index in [1.807, 2.05) is 0 Å². The van der Waals surface area contributed by atoms with Crippen LogP contribution in [0.3, 0.4) is 0 Å². The van der Waals surface area contributed by atoms with Crippen LogP contribution in [0.4, 0.5) is 10.8 Å². The van der Waals surface area contributed by atoms with Gasteiger partial charge in [-0.05, 0) is 49.9 Å². The van der Waals surface area contributed by atoms with Crippen molar-refractivity contribution < 1.29 is 4.74 Å². The lowest BCUT2D eigenvalue weighted by Gasteiger charge is -2.06. The van der Waals surface area contributed by atoms with Crippen molar-refractivity contribution in [3.05, 3.63) is 29.3 Å². The van der Waals surface area contributed by atoms with Crippen molar-refractivity contribution in [1.82, 2.24) is 10.2 Å². The van der Waals surface area contributed by atoms with Crippen molar-refractivity contribution in [3.63, 3.8) is 0 Å². The minimum absolute atomic E-state index is 0.384. The van der Waals surface area contributed by atoms with E-state index in [4.69, 9.17) is 4.74 Å². The third kappa shape index (κ3) is 3.96. The van der Waals surface area contributed by atoms with Crippen LogP contribution in [0.2, 0.25) is 0 Å². The van der Waals surface area contributed by atoms with Crippen molar-refractivity contribution in [2.24, 2.45) is 0 Å². The van der Waals surface area contributed by atoms with Gasteiger partial charge in [0, 0.05) is 18.0 Å². The fourth-order valence-corrected chi connectivity index (χ4v) is 4.07. The van der Waals surface area contributed by atoms with Gasteiger partial charge < -0.3 is 10.1 Å². The van der Waals surface area contributed by atoms with Crippen LogP contribution in [0.1, 0.15) is 24.0 Å². The van der Waals surface area contributed by atoms with Crippen LogP contribution in [-0.4, -0.2) is 28.7 Å². The molecule has 2 heterocycles. The van der Waals surface area contributed by atoms with Gasteiger partial charge >= 0.3 is 0 Å². The maximum absolute atomic E-state index is 5.62. The second-order valence-corrected chi connectivity index (χ2v) is 7.49. The zero-order chi connectivity index (χ0) is 14.7. The molecule has 1 aliphatic rings. The summed E-state index contributed by atoms with van der Waals surface area (Å²) in [6.45, 7) is 5.13. The van der Waals surface area contributed by atoms with Gasteiger partial charge in [0.15, 0.2) is 4.34 Å². The lowest BCUT2D eigenvalue weighted by molar-refractivity contribution is 0.129. The number of rotatable bonds is 5. The Kier molecular flexibility index (Phi) is 4.77. The number of anilines is 2. The summed E-state index contributed by atoms with van der Waals surface area (Å²) in [5, 5.41) is 12.6. The van der Waals surface area contributed by atoms with E-state index in [1.165, 1.54) is 24.0 Å². The summed E-state index contributed by atoms with van der Waals surface area (Å²) in [5.41, 5.74) is 3.63. The Morgan fingerprint density at radius 3 is 3.00 bits per heavy atom. The van der Waals surface area contributed by atoms with Crippen molar-refractivity contribution in [2.75, 3.05) is 17.7 Å². The highest BCUT2D eigenvalue weighted by Crippen LogP contribution is 2.30. The molecule has 1 atom stereocenters. The van der Waals surface area contributed by atoms with Gasteiger partial charge in [0.1, 0.15) is 0 Å². The Labute approximate surface area is 133 Å². The van der Waals surface area contributed by atoms with E-state index in [0.717, 1.165) is 27.5 Å². The summed E-state index contributed by atoms with van der Waals surface area (Å²) < 4.78 is 6.62. The third-order valence-corrected chi connectivity index (χ3v) is 5.69. The predicted octanol–water partition coefficient (Wildman–Crippen LogP) is 4.17. The van der Waals surface area contributed by atoms with Gasteiger partial charge in [0.2, 0.25) is 5.13 Å². The van der Waals surface area contributed by atoms with Crippen molar-refractivity contribution in [3.8, 4) is 0 Å². The molecule has 0 amide bonds. The van der Waals surface area contributed by atoms with Crippen LogP contribution in [-0.2, 0) is 4.74 Å². The highest BCUT2D eigenvalue weighted by atomic mass is 32.2. The van der Waals surface area contributed by atoms with Crippen LogP contribution >= 0.6 is 23.1 Å². The molecule has 1 N–H and O–H groups in total. The molecule has 3 rings (SSSR count). The fourth-order valence-electron chi connectivity index (χ4n) is 2.20. The van der Waals surface area contributed by atoms with E-state index in [1.54, 1.807) is 23.1 Å². The Morgan fingerprint density at radius 1 is 1.33 bits per heavy atom. The molecule has 6 heteroatoms. The SMILES string of the molecule is Cc1ccc(Nc2nnc(SC[C@H]3CCCO3)s2)cc1C. The average molecular weight is 321 g/mol. The Hall–Kier alpha value is -1.11. The van der Waals surface area contributed by atoms with Crippen molar-refractivity contribution in [2.45, 2.75) is 37.1 Å². The summed E-state index contributed by atoms with van der Waals surface area (Å²) in [5.74, 6) is 0.971. The maximum Gasteiger partial charge on any atom is 0.210 e. The summed E-state index contributed by atoms with van der Waals surface area (Å²) in [6.07, 6.45) is 2.73. The van der Waals surface area contributed by atoms with Gasteiger partial charge in [-0.1, -0.05) is 29.2 Å². The normalized spacial score (nSPS) is 18.1. The molecule has 0 unspecified atom stereocenters. The molecule has 1 aliphatic heterocycles. The van der Waals surface area contributed by atoms with Crippen LogP contribution < -0.4 is 5.32 Å². The standard InChI is InChI=1S/C15H19N3OS2/c1-10-5-6-12(8-11(10)2)16-14-17-18-15(21-14)20-9-13-4-3-7-19-13/h5-6,8,13H,3-4,7,9H2,1-2H3,(H,16,17)/t13-/m1/s1. The van der Waals surface area contributed by atoms with Gasteiger partial charge in [-0.2, -0.15) is 0 Å². The van der Waals surface area contributed by atoms with E-state index >= 15 is 0 Å². The minimum atomic E-state index is 0.384. The number of benzene rings is 1. The first kappa shape index (κ1) is 14.8. The molecular weight excluding hydrogens is 302 g/mol. The van der Waals surface area contributed by atoms with E-state index in [2.05, 4.69) is 47.6 Å². The summed E-state index contributed by atoms with van der Waals surface area (Å²) in [6, 6.07) is 6.32. The monoisotopic (exact) mass is 321 g/mol. The molecule has 0 saturated carbocycles. The number of aryl methyl sites for hydroxylation is 2. The highest BCUT2D eigenvalue weighted by molar-refractivity contribution is 8.01. The largest absolute Gasteiger partial charge is 0.377 e. The Morgan fingerprint density at radius 2 is 2.24 bits per heavy atom. The lowest BCUT2D eigenvalue weighted by atomic mass is 10.1. The van der Waals surface area contributed by atoms with Crippen molar-refractivity contribution in [1.29, 1.82) is 0 Å². The molecule has 0 spiro atoms. The summed E-state index contributed by atoms with van der Waals surface area (Å²) in [4.78, 5) is 0. The smallest absolute Gasteiger partial charge is 0.210 e. The zero-order valence-corrected chi connectivity index (χ0v) is 13.9. The first-order chi connectivity index (χ1) is 10.2. The molecule has 0 bridgehead atoms. The molecule has 4 nitrogen and oxygen atoms in total. The number of nitrogens with zero attached hydrogens (tertiary/aromatic N) is 2. The van der Waals surface area contributed by atoms with Crippen LogP contribution in [0.25, 0.3) is 0 Å². The number of ether oxygens (including phenoxy) is 1. The van der Waals surface area contributed by atoms with E-state index in [0.29, 0.717) is 6.10 Å². The maximum atomic E-state index is 5.62. The zero-order valence-electron chi connectivity index (χ0n) is 12.3. The molecule has 1 fully saturated rings. The van der Waals surface area contributed by atoms with Crippen LogP contribution in [0, 0.1) is 13.8 Å². The molecule has 2 aromatic rings. The molecule has 0 radical (unpaired) electrons. The van der Waals surface area contributed by atoms with Crippen LogP contribution in [0.15, 0.2) is 22.5 Å². The molecule has 21 heavy (non-hydrogen) atoms. The number of thioether (sulfide) groups is 1. The molecule has 0 aliphatic carbocycles. The minimum Gasteiger partial charge on any atom is -0.377 e. The number of hydrogen-bond acceptors (Lipinski definition) is 6. The number of hydrogen-bond donors (Lipinski definition) is 1. The Bertz CT molecular complexity index is 609. The molecule has 1 aromatic carbocycles. The summed E-state index contributed by atoms with van der Waals surface area (Å²) >= 11 is 3.33. The first-order valence-electron chi connectivity index (χ1n) is 7.13. The topological polar surface area (TPSA) is 47.0 Å². The lowest BCUT2D eigenvalue weighted by Crippen LogP contribution is -2.07. The molecule has 1 saturated heterocycles. The predicted molar refractivity (Wildman–Crippen MR) is 88.8 cm³/mol. The van der Waals surface area contributed by atoms with Gasteiger partial charge in [-0.15, -0.1) is 10.2 Å². The van der Waals surface area contributed by atoms with Gasteiger partial charge in [0.25, 0.3) is 0 Å². The molecule has 112 valence electrons. The Balaban J connectivity index is 1.57. The van der Waals surface area contributed by atoms with Gasteiger partial charge in [-0.3, -0.25) is 0 Å². The average Bonchev–Trinajstić information content (AvgIpc) is 3.12. The second kappa shape index (κ2) is 6.77. The van der Waals surface area contributed by atoms with E-state index < -0.39 is 0 Å². The second-order valence-electron chi connectivity index (χ2n) is 5.24. The van der Waals surface area contributed by atoms with E-state index in [-0.39, 0.29) is 0 Å². The van der Waals surface area contributed by atoms with Gasteiger partial charge in [-0.25, -0.2) is 0 Å². The molecule has 1 aromatic heterocycles. The van der Waals surface area contributed by atoms with Gasteiger partial charge in [0.05, 0.1) is 6.10 Å².